The van der Waals surface area contributed by atoms with Crippen LogP contribution in [0.3, 0.4) is 0 Å². The lowest BCUT2D eigenvalue weighted by Gasteiger charge is -2.40. The van der Waals surface area contributed by atoms with Crippen LogP contribution >= 0.6 is 0 Å². The standard InChI is InChI=1S/C34H37N7O3/c1-33(2,35)31(43)38-28(18-24-20-37-27-14-7-6-13-26(24)27)30(42)40-17-15-29-34(22-40,19-25-12-8-9-16-36-25)32(44)41(39-29)21-23-10-4-3-5-11-23/h3-14,16,20,28,37H,15,17-19,21-22,35H2,1-2H3,(H,38,43)/t28-,34?/m1/s1. The van der Waals surface area contributed by atoms with Crippen molar-refractivity contribution in [3.8, 4) is 0 Å². The summed E-state index contributed by atoms with van der Waals surface area (Å²) in [5.74, 6) is -0.842. The number of rotatable bonds is 9. The van der Waals surface area contributed by atoms with E-state index in [0.717, 1.165) is 33.4 Å². The molecule has 10 nitrogen and oxygen atoms in total. The van der Waals surface area contributed by atoms with Gasteiger partial charge in [-0.2, -0.15) is 5.10 Å². The Hall–Kier alpha value is -4.83. The molecule has 0 bridgehead atoms. The summed E-state index contributed by atoms with van der Waals surface area (Å²) in [6.07, 6.45) is 4.60. The van der Waals surface area contributed by atoms with E-state index in [4.69, 9.17) is 10.8 Å². The number of hydrazone groups is 1. The highest BCUT2D eigenvalue weighted by molar-refractivity contribution is 6.13. The summed E-state index contributed by atoms with van der Waals surface area (Å²) < 4.78 is 0. The second-order valence-electron chi connectivity index (χ2n) is 12.3. The molecule has 4 N–H and O–H groups in total. The molecule has 44 heavy (non-hydrogen) atoms. The van der Waals surface area contributed by atoms with Crippen LogP contribution in [0.15, 0.2) is 90.3 Å². The average Bonchev–Trinajstić information content (AvgIpc) is 3.54. The molecular formula is C34H37N7O3. The number of likely N-dealkylation sites (tertiary alicyclic amines) is 1. The van der Waals surface area contributed by atoms with E-state index in [-0.39, 0.29) is 24.8 Å². The van der Waals surface area contributed by atoms with Crippen molar-refractivity contribution in [1.82, 2.24) is 25.2 Å². The van der Waals surface area contributed by atoms with Gasteiger partial charge in [0, 0.05) is 61.3 Å². The fourth-order valence-electron chi connectivity index (χ4n) is 6.13. The fraction of sp³-hybridized carbons (Fsp3) is 0.324. The first kappa shape index (κ1) is 29.3. The highest BCUT2D eigenvalue weighted by atomic mass is 16.2. The number of hydrogen-bond acceptors (Lipinski definition) is 6. The van der Waals surface area contributed by atoms with Crippen molar-refractivity contribution in [2.45, 2.75) is 51.2 Å². The maximum atomic E-state index is 14.4. The van der Waals surface area contributed by atoms with Gasteiger partial charge in [-0.15, -0.1) is 0 Å². The smallest absolute Gasteiger partial charge is 0.257 e. The second kappa shape index (κ2) is 11.7. The summed E-state index contributed by atoms with van der Waals surface area (Å²) in [6, 6.07) is 22.3. The van der Waals surface area contributed by atoms with Crippen molar-refractivity contribution in [1.29, 1.82) is 0 Å². The van der Waals surface area contributed by atoms with Gasteiger partial charge in [0.25, 0.3) is 5.91 Å². The van der Waals surface area contributed by atoms with E-state index in [1.54, 1.807) is 24.9 Å². The van der Waals surface area contributed by atoms with E-state index in [9.17, 15) is 14.4 Å². The molecule has 0 saturated carbocycles. The molecule has 1 saturated heterocycles. The molecule has 10 heteroatoms. The summed E-state index contributed by atoms with van der Waals surface area (Å²) in [7, 11) is 0. The van der Waals surface area contributed by atoms with Crippen LogP contribution in [0.25, 0.3) is 10.9 Å². The predicted octanol–water partition coefficient (Wildman–Crippen LogP) is 3.19. The SMILES string of the molecule is CC(C)(N)C(=O)N[C@H](Cc1c[nH]c2ccccc12)C(=O)N1CCC2=NN(Cc3ccccc3)C(=O)C2(Cc2ccccn2)C1. The Balaban J connectivity index is 1.31. The Morgan fingerprint density at radius 3 is 2.57 bits per heavy atom. The molecule has 3 amide bonds. The van der Waals surface area contributed by atoms with Gasteiger partial charge in [0.1, 0.15) is 11.5 Å². The zero-order valence-corrected chi connectivity index (χ0v) is 25.0. The van der Waals surface area contributed by atoms with Crippen molar-refractivity contribution in [3.63, 3.8) is 0 Å². The van der Waals surface area contributed by atoms with Crippen LogP contribution in [0.2, 0.25) is 0 Å². The lowest BCUT2D eigenvalue weighted by Crippen LogP contribution is -2.61. The molecule has 1 unspecified atom stereocenters. The molecular weight excluding hydrogens is 554 g/mol. The first-order valence-corrected chi connectivity index (χ1v) is 14.9. The predicted molar refractivity (Wildman–Crippen MR) is 168 cm³/mol. The summed E-state index contributed by atoms with van der Waals surface area (Å²) >= 11 is 0. The molecule has 2 aliphatic heterocycles. The van der Waals surface area contributed by atoms with Crippen molar-refractivity contribution in [2.24, 2.45) is 16.3 Å². The number of carbonyl (C=O) groups is 3. The Morgan fingerprint density at radius 1 is 1.07 bits per heavy atom. The number of carbonyl (C=O) groups excluding carboxylic acids is 3. The number of para-hydroxylation sites is 1. The lowest BCUT2D eigenvalue weighted by atomic mass is 9.74. The molecule has 0 radical (unpaired) electrons. The van der Waals surface area contributed by atoms with Gasteiger partial charge in [-0.25, -0.2) is 5.01 Å². The number of nitrogens with zero attached hydrogens (tertiary/aromatic N) is 4. The van der Waals surface area contributed by atoms with Crippen LogP contribution in [-0.2, 0) is 33.8 Å². The number of hydrogen-bond donors (Lipinski definition) is 3. The topological polar surface area (TPSA) is 137 Å². The number of aromatic nitrogens is 2. The van der Waals surface area contributed by atoms with E-state index >= 15 is 0 Å². The minimum atomic E-state index is -1.18. The molecule has 0 spiro atoms. The first-order valence-electron chi connectivity index (χ1n) is 14.9. The number of pyridine rings is 1. The molecule has 2 aromatic heterocycles. The van der Waals surface area contributed by atoms with Gasteiger partial charge in [0.15, 0.2) is 0 Å². The van der Waals surface area contributed by atoms with Crippen molar-refractivity contribution >= 4 is 34.3 Å². The summed E-state index contributed by atoms with van der Waals surface area (Å²) in [4.78, 5) is 51.2. The number of aromatic amines is 1. The van der Waals surface area contributed by atoms with Crippen LogP contribution in [0, 0.1) is 5.41 Å². The van der Waals surface area contributed by atoms with Crippen molar-refractivity contribution < 1.29 is 14.4 Å². The van der Waals surface area contributed by atoms with Crippen LogP contribution in [0.4, 0.5) is 0 Å². The lowest BCUT2D eigenvalue weighted by molar-refractivity contribution is -0.143. The van der Waals surface area contributed by atoms with Crippen molar-refractivity contribution in [3.05, 3.63) is 102 Å². The average molecular weight is 592 g/mol. The molecule has 2 aromatic carbocycles. The number of amides is 3. The van der Waals surface area contributed by atoms with Gasteiger partial charge < -0.3 is 20.9 Å². The zero-order valence-electron chi connectivity index (χ0n) is 25.0. The zero-order chi connectivity index (χ0) is 30.9. The van der Waals surface area contributed by atoms with Crippen LogP contribution in [0.1, 0.15) is 37.1 Å². The Kier molecular flexibility index (Phi) is 7.77. The molecule has 2 aliphatic rings. The van der Waals surface area contributed by atoms with E-state index in [2.05, 4.69) is 15.3 Å². The largest absolute Gasteiger partial charge is 0.361 e. The van der Waals surface area contributed by atoms with Gasteiger partial charge in [-0.05, 0) is 43.2 Å². The maximum absolute atomic E-state index is 14.4. The molecule has 226 valence electrons. The second-order valence-corrected chi connectivity index (χ2v) is 12.3. The number of nitrogens with one attached hydrogen (secondary N) is 2. The van der Waals surface area contributed by atoms with Gasteiger partial charge in [0.05, 0.1) is 17.8 Å². The number of nitrogens with two attached hydrogens (primary N) is 1. The Bertz CT molecular complexity index is 1710. The number of benzene rings is 2. The van der Waals surface area contributed by atoms with Gasteiger partial charge >= 0.3 is 0 Å². The summed E-state index contributed by atoms with van der Waals surface area (Å²) in [6.45, 7) is 4.07. The fourth-order valence-corrected chi connectivity index (χ4v) is 6.13. The summed E-state index contributed by atoms with van der Waals surface area (Å²) in [5.41, 5.74) is 8.22. The minimum absolute atomic E-state index is 0.137. The van der Waals surface area contributed by atoms with E-state index in [0.29, 0.717) is 25.9 Å². The molecule has 0 aliphatic carbocycles. The molecule has 2 atom stereocenters. The highest BCUT2D eigenvalue weighted by Gasteiger charge is 2.55. The highest BCUT2D eigenvalue weighted by Crippen LogP contribution is 2.39. The monoisotopic (exact) mass is 591 g/mol. The van der Waals surface area contributed by atoms with Gasteiger partial charge in [-0.1, -0.05) is 54.6 Å². The maximum Gasteiger partial charge on any atom is 0.257 e. The molecule has 4 heterocycles. The third-order valence-corrected chi connectivity index (χ3v) is 8.50. The van der Waals surface area contributed by atoms with Gasteiger partial charge in [0.2, 0.25) is 11.8 Å². The Labute approximate surface area is 256 Å². The van der Waals surface area contributed by atoms with Gasteiger partial charge in [-0.3, -0.25) is 19.4 Å². The quantitative estimate of drug-likeness (QED) is 0.275. The summed E-state index contributed by atoms with van der Waals surface area (Å²) in [5, 5.41) is 10.2. The van der Waals surface area contributed by atoms with Crippen LogP contribution in [-0.4, -0.2) is 68.0 Å². The molecule has 1 fully saturated rings. The van der Waals surface area contributed by atoms with E-state index in [1.807, 2.05) is 79.0 Å². The minimum Gasteiger partial charge on any atom is -0.361 e. The van der Waals surface area contributed by atoms with Crippen LogP contribution < -0.4 is 11.1 Å². The Morgan fingerprint density at radius 2 is 1.82 bits per heavy atom. The van der Waals surface area contributed by atoms with Crippen LogP contribution in [0.5, 0.6) is 0 Å². The number of piperidine rings is 1. The molecule has 6 rings (SSSR count). The third kappa shape index (κ3) is 5.72. The number of H-pyrrole nitrogens is 1. The molecule has 4 aromatic rings. The van der Waals surface area contributed by atoms with E-state index < -0.39 is 22.9 Å². The third-order valence-electron chi connectivity index (χ3n) is 8.50. The van der Waals surface area contributed by atoms with Crippen molar-refractivity contribution in [2.75, 3.05) is 13.1 Å². The number of fused-ring (bicyclic) bond motifs is 2. The van der Waals surface area contributed by atoms with E-state index in [1.165, 1.54) is 5.01 Å². The normalized spacial score (nSPS) is 19.1. The first-order chi connectivity index (χ1) is 21.1.